The molecule has 2 saturated carbocycles. The van der Waals surface area contributed by atoms with Gasteiger partial charge in [0.15, 0.2) is 0 Å². The van der Waals surface area contributed by atoms with Crippen molar-refractivity contribution in [3.8, 4) is 0 Å². The third-order valence-electron chi connectivity index (χ3n) is 8.39. The van der Waals surface area contributed by atoms with Gasteiger partial charge in [0.2, 0.25) is 5.91 Å². The van der Waals surface area contributed by atoms with Gasteiger partial charge < -0.3 is 9.42 Å². The molecular formula is C28H46N2O2. The lowest BCUT2D eigenvalue weighted by molar-refractivity contribution is -0.137. The van der Waals surface area contributed by atoms with E-state index in [9.17, 15) is 4.79 Å². The zero-order chi connectivity index (χ0) is 22.0. The lowest BCUT2D eigenvalue weighted by atomic mass is 9.90. The first-order valence-electron chi connectivity index (χ1n) is 14.1. The van der Waals surface area contributed by atoms with Crippen LogP contribution in [-0.2, 0) is 4.79 Å². The van der Waals surface area contributed by atoms with Crippen LogP contribution in [-0.4, -0.2) is 22.5 Å². The molecule has 0 aromatic carbocycles. The van der Waals surface area contributed by atoms with Gasteiger partial charge >= 0.3 is 0 Å². The Balaban J connectivity index is 1.40. The molecule has 1 atom stereocenters. The van der Waals surface area contributed by atoms with Gasteiger partial charge in [-0.3, -0.25) is 4.79 Å². The van der Waals surface area contributed by atoms with E-state index in [1.165, 1.54) is 103 Å². The van der Waals surface area contributed by atoms with Crippen LogP contribution in [0, 0.1) is 5.92 Å². The summed E-state index contributed by atoms with van der Waals surface area (Å²) in [6.45, 7) is 0.894. The molecule has 4 rings (SSSR count). The first-order chi connectivity index (χ1) is 15.8. The number of likely N-dealkylation sites (tertiary alicyclic amines) is 1. The predicted molar refractivity (Wildman–Crippen MR) is 130 cm³/mol. The molecule has 2 heterocycles. The molecule has 1 amide bonds. The summed E-state index contributed by atoms with van der Waals surface area (Å²) in [7, 11) is 0. The third-order valence-corrected chi connectivity index (χ3v) is 8.39. The highest BCUT2D eigenvalue weighted by Gasteiger charge is 2.35. The first kappa shape index (κ1) is 23.8. The number of carbonyl (C=O) groups excluding carboxylic acids is 1. The Bertz CT molecular complexity index is 665. The third kappa shape index (κ3) is 6.60. The normalized spacial score (nSPS) is 26.1. The molecule has 3 fully saturated rings. The van der Waals surface area contributed by atoms with Crippen LogP contribution in [0.3, 0.4) is 0 Å². The van der Waals surface area contributed by atoms with Crippen LogP contribution < -0.4 is 0 Å². The molecule has 0 radical (unpaired) electrons. The van der Waals surface area contributed by atoms with Crippen molar-refractivity contribution < 1.29 is 9.32 Å². The second kappa shape index (κ2) is 12.8. The average Bonchev–Trinajstić information content (AvgIpc) is 3.50. The summed E-state index contributed by atoms with van der Waals surface area (Å²) >= 11 is 0. The summed E-state index contributed by atoms with van der Waals surface area (Å²) in [6.07, 6.45) is 25.3. The molecule has 1 aromatic heterocycles. The number of aromatic nitrogens is 1. The zero-order valence-corrected chi connectivity index (χ0v) is 20.4. The van der Waals surface area contributed by atoms with Crippen LogP contribution in [0.25, 0.3) is 0 Å². The van der Waals surface area contributed by atoms with E-state index in [-0.39, 0.29) is 12.0 Å². The second-order valence-corrected chi connectivity index (χ2v) is 10.8. The average molecular weight is 443 g/mol. The summed E-state index contributed by atoms with van der Waals surface area (Å²) in [6, 6.07) is 2.36. The van der Waals surface area contributed by atoms with E-state index in [0.717, 1.165) is 43.7 Å². The molecule has 4 heteroatoms. The lowest BCUT2D eigenvalue weighted by Gasteiger charge is -2.28. The Morgan fingerprint density at radius 2 is 1.25 bits per heavy atom. The van der Waals surface area contributed by atoms with Gasteiger partial charge in [0.05, 0.1) is 6.04 Å². The van der Waals surface area contributed by atoms with E-state index < -0.39 is 0 Å². The van der Waals surface area contributed by atoms with Crippen molar-refractivity contribution >= 4 is 5.91 Å². The number of nitrogens with zero attached hydrogens (tertiary/aromatic N) is 2. The Morgan fingerprint density at radius 3 is 1.84 bits per heavy atom. The molecule has 2 aliphatic carbocycles. The Hall–Kier alpha value is -1.32. The van der Waals surface area contributed by atoms with E-state index >= 15 is 0 Å². The molecule has 0 bridgehead atoms. The van der Waals surface area contributed by atoms with E-state index in [4.69, 9.17) is 4.52 Å². The fourth-order valence-electron chi connectivity index (χ4n) is 6.38. The molecule has 1 aliphatic heterocycles. The van der Waals surface area contributed by atoms with Gasteiger partial charge in [-0.1, -0.05) is 95.0 Å². The summed E-state index contributed by atoms with van der Waals surface area (Å²) in [5, 5.41) is 4.54. The molecule has 32 heavy (non-hydrogen) atoms. The topological polar surface area (TPSA) is 46.3 Å². The highest BCUT2D eigenvalue weighted by Crippen LogP contribution is 2.37. The van der Waals surface area contributed by atoms with E-state index in [0.29, 0.717) is 11.8 Å². The molecule has 0 unspecified atom stereocenters. The Kier molecular flexibility index (Phi) is 9.53. The number of hydrogen-bond acceptors (Lipinski definition) is 3. The van der Waals surface area contributed by atoms with Crippen molar-refractivity contribution in [1.29, 1.82) is 0 Å². The van der Waals surface area contributed by atoms with Crippen LogP contribution in [0.2, 0.25) is 0 Å². The predicted octanol–water partition coefficient (Wildman–Crippen LogP) is 8.09. The molecule has 3 aliphatic rings. The largest absolute Gasteiger partial charge is 0.361 e. The summed E-state index contributed by atoms with van der Waals surface area (Å²) in [5.74, 6) is 2.21. The molecule has 0 N–H and O–H groups in total. The van der Waals surface area contributed by atoms with Crippen LogP contribution in [0.5, 0.6) is 0 Å². The van der Waals surface area contributed by atoms with Crippen molar-refractivity contribution in [3.63, 3.8) is 0 Å². The number of amides is 1. The molecular weight excluding hydrogens is 396 g/mol. The van der Waals surface area contributed by atoms with Gasteiger partial charge in [0.1, 0.15) is 11.5 Å². The molecule has 1 saturated heterocycles. The summed E-state index contributed by atoms with van der Waals surface area (Å²) < 4.78 is 5.94. The quantitative estimate of drug-likeness (QED) is 0.475. The standard InChI is InChI=1S/C28H46N2O2/c31-28(24-18-13-9-5-2-6-10-14-19-24)30-21-15-20-26(30)25-22-27(32-29-25)23-16-11-7-3-1-4-8-12-17-23/h22-24,26H,1-21H2/t26-/m0/s1. The zero-order valence-electron chi connectivity index (χ0n) is 20.4. The first-order valence-corrected chi connectivity index (χ1v) is 14.1. The maximum atomic E-state index is 13.6. The van der Waals surface area contributed by atoms with Gasteiger partial charge in [0.25, 0.3) is 0 Å². The van der Waals surface area contributed by atoms with Crippen molar-refractivity contribution in [3.05, 3.63) is 17.5 Å². The number of carbonyl (C=O) groups is 1. The van der Waals surface area contributed by atoms with Crippen molar-refractivity contribution in [2.45, 2.75) is 140 Å². The number of rotatable bonds is 3. The van der Waals surface area contributed by atoms with Crippen LogP contribution >= 0.6 is 0 Å². The maximum Gasteiger partial charge on any atom is 0.226 e. The van der Waals surface area contributed by atoms with E-state index in [1.807, 2.05) is 0 Å². The van der Waals surface area contributed by atoms with Crippen molar-refractivity contribution in [1.82, 2.24) is 10.1 Å². The highest BCUT2D eigenvalue weighted by atomic mass is 16.5. The minimum absolute atomic E-state index is 0.134. The van der Waals surface area contributed by atoms with E-state index in [2.05, 4.69) is 16.1 Å². The SMILES string of the molecule is O=C(C1CCCCCCCCC1)N1CCC[C@H]1c1cc(C2CCCCCCCCC2)on1. The summed E-state index contributed by atoms with van der Waals surface area (Å²) in [4.78, 5) is 15.7. The van der Waals surface area contributed by atoms with Gasteiger partial charge in [-0.15, -0.1) is 0 Å². The van der Waals surface area contributed by atoms with Crippen LogP contribution in [0.15, 0.2) is 10.6 Å². The number of hydrogen-bond donors (Lipinski definition) is 0. The molecule has 4 nitrogen and oxygen atoms in total. The van der Waals surface area contributed by atoms with Gasteiger partial charge in [-0.05, 0) is 38.5 Å². The fraction of sp³-hybridized carbons (Fsp3) is 0.857. The maximum absolute atomic E-state index is 13.6. The lowest BCUT2D eigenvalue weighted by Crippen LogP contribution is -2.36. The van der Waals surface area contributed by atoms with Crippen LogP contribution in [0.1, 0.15) is 152 Å². The summed E-state index contributed by atoms with van der Waals surface area (Å²) in [5.41, 5.74) is 1.02. The minimum Gasteiger partial charge on any atom is -0.361 e. The highest BCUT2D eigenvalue weighted by molar-refractivity contribution is 5.79. The van der Waals surface area contributed by atoms with Gasteiger partial charge in [0, 0.05) is 24.4 Å². The molecule has 180 valence electrons. The molecule has 1 aromatic rings. The Labute approximate surface area is 195 Å². The van der Waals surface area contributed by atoms with Crippen molar-refractivity contribution in [2.75, 3.05) is 6.54 Å². The fourth-order valence-corrected chi connectivity index (χ4v) is 6.38. The Morgan fingerprint density at radius 1 is 0.719 bits per heavy atom. The van der Waals surface area contributed by atoms with E-state index in [1.54, 1.807) is 0 Å². The van der Waals surface area contributed by atoms with Crippen LogP contribution in [0.4, 0.5) is 0 Å². The minimum atomic E-state index is 0.134. The van der Waals surface area contributed by atoms with Crippen molar-refractivity contribution in [2.24, 2.45) is 5.92 Å². The van der Waals surface area contributed by atoms with Gasteiger partial charge in [-0.25, -0.2) is 0 Å². The van der Waals surface area contributed by atoms with Gasteiger partial charge in [-0.2, -0.15) is 0 Å². The second-order valence-electron chi connectivity index (χ2n) is 10.8. The smallest absolute Gasteiger partial charge is 0.226 e. The monoisotopic (exact) mass is 442 g/mol. The molecule has 0 spiro atoms.